The quantitative estimate of drug-likeness (QED) is 0.206. The predicted molar refractivity (Wildman–Crippen MR) is 123 cm³/mol. The van der Waals surface area contributed by atoms with E-state index < -0.39 is 4.82 Å². The molecule has 1 atom stereocenters. The van der Waals surface area contributed by atoms with E-state index in [1.165, 1.54) is 0 Å². The van der Waals surface area contributed by atoms with Crippen LogP contribution in [0.1, 0.15) is 22.8 Å². The minimum absolute atomic E-state index is 0.108. The number of carbonyl (C=O) groups excluding carboxylic acids is 2. The number of ketones is 1. The number of Topliss-reactive ketones (excluding diaryl/α,β-unsaturated/α-hetero) is 1. The normalized spacial score (nSPS) is 11.9. The van der Waals surface area contributed by atoms with Gasteiger partial charge in [-0.05, 0) is 0 Å². The Morgan fingerprint density at radius 3 is 2.03 bits per heavy atom. The summed E-state index contributed by atoms with van der Waals surface area (Å²) in [5, 5.41) is 0. The minimum atomic E-state index is -0.698. The first-order valence-electron chi connectivity index (χ1n) is 9.94. The van der Waals surface area contributed by atoms with Crippen LogP contribution < -0.4 is 4.46 Å². The fraction of sp³-hybridized carbons (Fsp3) is 0.154. The van der Waals surface area contributed by atoms with Gasteiger partial charge < -0.3 is 0 Å². The summed E-state index contributed by atoms with van der Waals surface area (Å²) in [6.07, 6.45) is 3.89. The Bertz CT molecular complexity index is 972. The van der Waals surface area contributed by atoms with Gasteiger partial charge in [0.1, 0.15) is 0 Å². The average molecular weight is 462 g/mol. The van der Waals surface area contributed by atoms with Gasteiger partial charge in [0.15, 0.2) is 0 Å². The van der Waals surface area contributed by atoms with Crippen molar-refractivity contribution < 1.29 is 9.59 Å². The van der Waals surface area contributed by atoms with Gasteiger partial charge in [-0.25, -0.2) is 0 Å². The molecule has 3 rings (SSSR count). The van der Waals surface area contributed by atoms with Gasteiger partial charge in [-0.2, -0.15) is 0 Å². The summed E-state index contributed by atoms with van der Waals surface area (Å²) >= 11 is -0.309. The third kappa shape index (κ3) is 6.03. The molecule has 1 amide bonds. The van der Waals surface area contributed by atoms with Crippen molar-refractivity contribution in [2.24, 2.45) is 0 Å². The Morgan fingerprint density at radius 1 is 0.867 bits per heavy atom. The Balaban J connectivity index is 1.91. The predicted octanol–water partition coefficient (Wildman–Crippen LogP) is 4.29. The second-order valence-electron chi connectivity index (χ2n) is 6.81. The van der Waals surface area contributed by atoms with Crippen LogP contribution in [0, 0.1) is 0 Å². The van der Waals surface area contributed by atoms with Crippen molar-refractivity contribution in [1.82, 2.24) is 4.90 Å². The van der Waals surface area contributed by atoms with Crippen LogP contribution in [0.3, 0.4) is 0 Å². The zero-order valence-corrected chi connectivity index (χ0v) is 18.7. The number of allylic oxidation sites excluding steroid dienone is 1. The molecule has 152 valence electrons. The van der Waals surface area contributed by atoms with Gasteiger partial charge in [-0.3, -0.25) is 0 Å². The average Bonchev–Trinajstić information content (AvgIpc) is 2.81. The first-order valence-corrected chi connectivity index (χ1v) is 11.8. The van der Waals surface area contributed by atoms with Crippen LogP contribution in [0.15, 0.2) is 103 Å². The van der Waals surface area contributed by atoms with Crippen molar-refractivity contribution in [1.29, 1.82) is 0 Å². The number of hydrogen-bond acceptors (Lipinski definition) is 2. The Hall–Kier alpha value is -2.94. The van der Waals surface area contributed by atoms with Crippen LogP contribution in [0.5, 0.6) is 0 Å². The molecule has 30 heavy (non-hydrogen) atoms. The van der Waals surface area contributed by atoms with Crippen LogP contribution in [0.25, 0.3) is 0 Å². The van der Waals surface area contributed by atoms with E-state index in [2.05, 4.69) is 0 Å². The molecular formula is C26H25NO2Se. The number of benzene rings is 3. The van der Waals surface area contributed by atoms with E-state index in [0.717, 1.165) is 10.0 Å². The number of rotatable bonds is 9. The zero-order valence-electron chi connectivity index (χ0n) is 17.0. The Kier molecular flexibility index (Phi) is 8.19. The molecule has 0 aliphatic heterocycles. The van der Waals surface area contributed by atoms with Gasteiger partial charge >= 0.3 is 185 Å². The van der Waals surface area contributed by atoms with Gasteiger partial charge in [0.2, 0.25) is 0 Å². The van der Waals surface area contributed by atoms with E-state index in [1.54, 1.807) is 17.0 Å². The van der Waals surface area contributed by atoms with Gasteiger partial charge in [0.25, 0.3) is 0 Å². The summed E-state index contributed by atoms with van der Waals surface area (Å²) in [7, 11) is 0. The molecular weight excluding hydrogens is 437 g/mol. The zero-order chi connectivity index (χ0) is 21.2. The fourth-order valence-corrected chi connectivity index (χ4v) is 5.30. The third-order valence-corrected chi connectivity index (χ3v) is 7.12. The van der Waals surface area contributed by atoms with Crippen LogP contribution in [0.4, 0.5) is 0 Å². The van der Waals surface area contributed by atoms with Crippen LogP contribution in [-0.2, 0) is 11.3 Å². The molecule has 3 nitrogen and oxygen atoms in total. The molecule has 0 aliphatic rings. The van der Waals surface area contributed by atoms with Gasteiger partial charge in [-0.1, -0.05) is 0 Å². The second-order valence-corrected chi connectivity index (χ2v) is 9.29. The van der Waals surface area contributed by atoms with Gasteiger partial charge in [0, 0.05) is 0 Å². The summed E-state index contributed by atoms with van der Waals surface area (Å²) < 4.78 is 1.04. The van der Waals surface area contributed by atoms with Crippen LogP contribution >= 0.6 is 0 Å². The van der Waals surface area contributed by atoms with Gasteiger partial charge in [-0.15, -0.1) is 0 Å². The summed E-state index contributed by atoms with van der Waals surface area (Å²) in [6, 6.07) is 28.9. The molecule has 1 unspecified atom stereocenters. The van der Waals surface area contributed by atoms with E-state index in [-0.39, 0.29) is 26.6 Å². The first-order chi connectivity index (χ1) is 14.7. The van der Waals surface area contributed by atoms with E-state index in [0.29, 0.717) is 18.7 Å². The standard InChI is InChI=1S/C26H25NO2Se/c1-2-3-19-27(20-21-13-7-4-8-14-21)26(29)25(30-23-17-11-6-12-18-23)24(28)22-15-9-5-10-16-22/h2-18,25H,19-20H2,1H3/b3-2+. The fourth-order valence-electron chi connectivity index (χ4n) is 3.04. The van der Waals surface area contributed by atoms with E-state index in [1.807, 2.05) is 97.9 Å². The van der Waals surface area contributed by atoms with Crippen molar-refractivity contribution in [3.63, 3.8) is 0 Å². The molecule has 0 aromatic heterocycles. The Morgan fingerprint density at radius 2 is 1.43 bits per heavy atom. The molecule has 0 aliphatic carbocycles. The molecule has 0 saturated carbocycles. The SMILES string of the molecule is C/C=C/CN(Cc1ccccc1)C(=O)C([Se]c1ccccc1)C(=O)c1ccccc1. The maximum absolute atomic E-state index is 13.7. The summed E-state index contributed by atoms with van der Waals surface area (Å²) in [5.41, 5.74) is 1.63. The Labute approximate surface area is 184 Å². The number of nitrogens with zero attached hydrogens (tertiary/aromatic N) is 1. The number of amides is 1. The van der Waals surface area contributed by atoms with Crippen LogP contribution in [-0.4, -0.2) is 38.1 Å². The topological polar surface area (TPSA) is 37.4 Å². The van der Waals surface area contributed by atoms with Crippen molar-refractivity contribution in [2.45, 2.75) is 18.3 Å². The third-order valence-electron chi connectivity index (χ3n) is 4.61. The number of hydrogen-bond donors (Lipinski definition) is 0. The molecule has 0 saturated heterocycles. The first kappa shape index (κ1) is 21.8. The molecule has 0 spiro atoms. The molecule has 3 aromatic carbocycles. The van der Waals surface area contributed by atoms with Crippen molar-refractivity contribution in [3.8, 4) is 0 Å². The number of carbonyl (C=O) groups is 2. The van der Waals surface area contributed by atoms with Crippen molar-refractivity contribution in [3.05, 3.63) is 114 Å². The van der Waals surface area contributed by atoms with E-state index in [9.17, 15) is 9.59 Å². The summed E-state index contributed by atoms with van der Waals surface area (Å²) in [4.78, 5) is 28.1. The van der Waals surface area contributed by atoms with Crippen LogP contribution in [0.2, 0.25) is 4.82 Å². The molecule has 3 aromatic rings. The monoisotopic (exact) mass is 463 g/mol. The van der Waals surface area contributed by atoms with Gasteiger partial charge in [0.05, 0.1) is 0 Å². The van der Waals surface area contributed by atoms with E-state index >= 15 is 0 Å². The maximum atomic E-state index is 13.7. The van der Waals surface area contributed by atoms with Crippen molar-refractivity contribution in [2.75, 3.05) is 6.54 Å². The molecule has 0 fully saturated rings. The molecule has 0 bridgehead atoms. The van der Waals surface area contributed by atoms with Crippen molar-refractivity contribution >= 4 is 31.1 Å². The molecule has 0 heterocycles. The molecule has 4 heteroatoms. The molecule has 0 N–H and O–H groups in total. The molecule has 0 radical (unpaired) electrons. The second kappa shape index (κ2) is 11.3. The summed E-state index contributed by atoms with van der Waals surface area (Å²) in [5.74, 6) is -0.224. The van der Waals surface area contributed by atoms with E-state index in [4.69, 9.17) is 0 Å². The summed E-state index contributed by atoms with van der Waals surface area (Å²) in [6.45, 7) is 2.90.